The molecule has 0 saturated heterocycles. The molecule has 0 atom stereocenters. The molecular formula is C15H19N3O2S. The average molecular weight is 305 g/mol. The van der Waals surface area contributed by atoms with Crippen LogP contribution in [0.4, 0.5) is 11.4 Å². The van der Waals surface area contributed by atoms with E-state index < -0.39 is 0 Å². The number of nitrogens with two attached hydrogens (primary N) is 1. The number of rotatable bonds is 6. The largest absolute Gasteiger partial charge is 0.462 e. The number of aryl methyl sites for hydroxylation is 1. The van der Waals surface area contributed by atoms with Gasteiger partial charge in [-0.2, -0.15) is 0 Å². The molecule has 1 aromatic carbocycles. The lowest BCUT2D eigenvalue weighted by Gasteiger charge is -2.10. The van der Waals surface area contributed by atoms with E-state index in [1.165, 1.54) is 0 Å². The van der Waals surface area contributed by atoms with Crippen molar-refractivity contribution in [3.05, 3.63) is 39.8 Å². The molecule has 2 aromatic rings. The van der Waals surface area contributed by atoms with E-state index in [-0.39, 0.29) is 5.97 Å². The molecule has 21 heavy (non-hydrogen) atoms. The predicted molar refractivity (Wildman–Crippen MR) is 85.9 cm³/mol. The van der Waals surface area contributed by atoms with Crippen molar-refractivity contribution < 1.29 is 9.53 Å². The summed E-state index contributed by atoms with van der Waals surface area (Å²) in [6.45, 7) is 4.83. The van der Waals surface area contributed by atoms with Crippen molar-refractivity contribution >= 4 is 28.7 Å². The molecule has 0 spiro atoms. The predicted octanol–water partition coefficient (Wildman–Crippen LogP) is 2.87. The zero-order chi connectivity index (χ0) is 15.2. The minimum absolute atomic E-state index is 0.337. The molecule has 0 aliphatic rings. The molecule has 0 unspecified atom stereocenters. The molecule has 0 amide bonds. The summed E-state index contributed by atoms with van der Waals surface area (Å²) in [7, 11) is 0. The summed E-state index contributed by atoms with van der Waals surface area (Å²) in [5.74, 6) is -0.337. The van der Waals surface area contributed by atoms with Crippen molar-refractivity contribution in [2.24, 2.45) is 0 Å². The molecule has 0 fully saturated rings. The molecule has 0 saturated carbocycles. The maximum atomic E-state index is 11.7. The van der Waals surface area contributed by atoms with E-state index in [0.717, 1.165) is 22.8 Å². The number of nitrogens with one attached hydrogen (secondary N) is 1. The van der Waals surface area contributed by atoms with Gasteiger partial charge in [0.05, 0.1) is 28.6 Å². The second kappa shape index (κ2) is 7.08. The second-order valence-electron chi connectivity index (χ2n) is 4.58. The van der Waals surface area contributed by atoms with E-state index in [9.17, 15) is 4.79 Å². The lowest BCUT2D eigenvalue weighted by Crippen LogP contribution is -2.09. The summed E-state index contributed by atoms with van der Waals surface area (Å²) >= 11 is 1.65. The molecule has 0 bridgehead atoms. The van der Waals surface area contributed by atoms with Crippen LogP contribution in [0.5, 0.6) is 0 Å². The number of benzene rings is 1. The van der Waals surface area contributed by atoms with Gasteiger partial charge >= 0.3 is 5.97 Å². The maximum Gasteiger partial charge on any atom is 0.338 e. The molecule has 1 heterocycles. The topological polar surface area (TPSA) is 77.2 Å². The molecule has 0 aliphatic carbocycles. The highest BCUT2D eigenvalue weighted by molar-refractivity contribution is 7.09. The SMILES string of the molecule is CCOC(=O)c1ccc(N)c(NCCc2nc(C)cs2)c1. The van der Waals surface area contributed by atoms with Gasteiger partial charge in [-0.1, -0.05) is 0 Å². The van der Waals surface area contributed by atoms with Gasteiger partial charge in [-0.3, -0.25) is 0 Å². The summed E-state index contributed by atoms with van der Waals surface area (Å²) in [5.41, 5.74) is 8.81. The van der Waals surface area contributed by atoms with E-state index in [0.29, 0.717) is 24.4 Å². The summed E-state index contributed by atoms with van der Waals surface area (Å²) in [5, 5.41) is 6.36. The molecule has 1 aromatic heterocycles. The van der Waals surface area contributed by atoms with Crippen LogP contribution in [0.2, 0.25) is 0 Å². The lowest BCUT2D eigenvalue weighted by molar-refractivity contribution is 0.0526. The van der Waals surface area contributed by atoms with Gasteiger partial charge in [0.2, 0.25) is 0 Å². The van der Waals surface area contributed by atoms with Crippen molar-refractivity contribution in [2.45, 2.75) is 20.3 Å². The number of thiazole rings is 1. The van der Waals surface area contributed by atoms with Gasteiger partial charge in [-0.05, 0) is 32.0 Å². The van der Waals surface area contributed by atoms with Crippen LogP contribution in [0.1, 0.15) is 28.0 Å². The first-order valence-electron chi connectivity index (χ1n) is 6.81. The van der Waals surface area contributed by atoms with Crippen LogP contribution in [0, 0.1) is 6.92 Å². The van der Waals surface area contributed by atoms with E-state index in [4.69, 9.17) is 10.5 Å². The van der Waals surface area contributed by atoms with E-state index in [2.05, 4.69) is 10.3 Å². The second-order valence-corrected chi connectivity index (χ2v) is 5.52. The van der Waals surface area contributed by atoms with Crippen LogP contribution >= 0.6 is 11.3 Å². The Morgan fingerprint density at radius 3 is 2.95 bits per heavy atom. The van der Waals surface area contributed by atoms with Crippen LogP contribution in [0.15, 0.2) is 23.6 Å². The average Bonchev–Trinajstić information content (AvgIpc) is 2.87. The molecule has 6 heteroatoms. The number of nitrogens with zero attached hydrogens (tertiary/aromatic N) is 1. The molecule has 5 nitrogen and oxygen atoms in total. The number of esters is 1. The minimum atomic E-state index is -0.337. The highest BCUT2D eigenvalue weighted by Crippen LogP contribution is 2.21. The fourth-order valence-corrected chi connectivity index (χ4v) is 2.65. The number of hydrogen-bond acceptors (Lipinski definition) is 6. The molecule has 3 N–H and O–H groups in total. The van der Waals surface area contributed by atoms with Gasteiger partial charge in [0.25, 0.3) is 0 Å². The zero-order valence-corrected chi connectivity index (χ0v) is 13.0. The van der Waals surface area contributed by atoms with Gasteiger partial charge in [0.15, 0.2) is 0 Å². The number of aromatic nitrogens is 1. The van der Waals surface area contributed by atoms with E-state index in [1.807, 2.05) is 12.3 Å². The summed E-state index contributed by atoms with van der Waals surface area (Å²) in [6.07, 6.45) is 0.821. The van der Waals surface area contributed by atoms with E-state index in [1.54, 1.807) is 36.5 Å². The zero-order valence-electron chi connectivity index (χ0n) is 12.2. The Balaban J connectivity index is 1.98. The Kier molecular flexibility index (Phi) is 5.16. The first kappa shape index (κ1) is 15.3. The first-order valence-corrected chi connectivity index (χ1v) is 7.69. The summed E-state index contributed by atoms with van der Waals surface area (Å²) < 4.78 is 4.98. The van der Waals surface area contributed by atoms with Crippen LogP contribution in [-0.4, -0.2) is 24.1 Å². The number of ether oxygens (including phenoxy) is 1. The van der Waals surface area contributed by atoms with Crippen molar-refractivity contribution in [2.75, 3.05) is 24.2 Å². The molecule has 2 rings (SSSR count). The molecule has 0 radical (unpaired) electrons. The van der Waals surface area contributed by atoms with Gasteiger partial charge in [-0.15, -0.1) is 11.3 Å². The maximum absolute atomic E-state index is 11.7. The molecular weight excluding hydrogens is 286 g/mol. The van der Waals surface area contributed by atoms with E-state index >= 15 is 0 Å². The monoisotopic (exact) mass is 305 g/mol. The Hall–Kier alpha value is -2.08. The Bertz CT molecular complexity index is 625. The first-order chi connectivity index (χ1) is 10.1. The Morgan fingerprint density at radius 2 is 2.29 bits per heavy atom. The summed E-state index contributed by atoms with van der Waals surface area (Å²) in [4.78, 5) is 16.1. The van der Waals surface area contributed by atoms with Gasteiger partial charge in [-0.25, -0.2) is 9.78 Å². The minimum Gasteiger partial charge on any atom is -0.462 e. The van der Waals surface area contributed by atoms with Gasteiger partial charge in [0.1, 0.15) is 0 Å². The fourth-order valence-electron chi connectivity index (χ4n) is 1.87. The normalized spacial score (nSPS) is 10.4. The third-order valence-corrected chi connectivity index (χ3v) is 3.91. The smallest absolute Gasteiger partial charge is 0.338 e. The number of anilines is 2. The Morgan fingerprint density at radius 1 is 1.48 bits per heavy atom. The van der Waals surface area contributed by atoms with Crippen LogP contribution in [0.3, 0.4) is 0 Å². The molecule has 0 aliphatic heterocycles. The van der Waals surface area contributed by atoms with Crippen LogP contribution in [0.25, 0.3) is 0 Å². The van der Waals surface area contributed by atoms with Crippen LogP contribution in [-0.2, 0) is 11.2 Å². The third kappa shape index (κ3) is 4.19. The third-order valence-electron chi connectivity index (χ3n) is 2.89. The fraction of sp³-hybridized carbons (Fsp3) is 0.333. The highest BCUT2D eigenvalue weighted by atomic mass is 32.1. The van der Waals surface area contributed by atoms with Gasteiger partial charge in [0, 0.05) is 24.0 Å². The van der Waals surface area contributed by atoms with Crippen LogP contribution < -0.4 is 11.1 Å². The van der Waals surface area contributed by atoms with Crippen molar-refractivity contribution in [1.29, 1.82) is 0 Å². The van der Waals surface area contributed by atoms with Gasteiger partial charge < -0.3 is 15.8 Å². The summed E-state index contributed by atoms with van der Waals surface area (Å²) in [6, 6.07) is 5.10. The lowest BCUT2D eigenvalue weighted by atomic mass is 10.1. The molecule has 112 valence electrons. The number of carbonyl (C=O) groups is 1. The standard InChI is InChI=1S/C15H19N3O2S/c1-3-20-15(19)11-4-5-12(16)13(8-11)17-7-6-14-18-10(2)9-21-14/h4-5,8-9,17H,3,6-7,16H2,1-2H3. The number of nitrogen functional groups attached to an aromatic ring is 1. The number of carbonyl (C=O) groups excluding carboxylic acids is 1. The highest BCUT2D eigenvalue weighted by Gasteiger charge is 2.09. The quantitative estimate of drug-likeness (QED) is 0.634. The van der Waals surface area contributed by atoms with Crippen molar-refractivity contribution in [3.63, 3.8) is 0 Å². The Labute approximate surface area is 128 Å². The van der Waals surface area contributed by atoms with Crippen molar-refractivity contribution in [1.82, 2.24) is 4.98 Å². The van der Waals surface area contributed by atoms with Crippen molar-refractivity contribution in [3.8, 4) is 0 Å². The number of hydrogen-bond donors (Lipinski definition) is 2.